The van der Waals surface area contributed by atoms with Gasteiger partial charge in [0.1, 0.15) is 0 Å². The molecule has 0 aliphatic carbocycles. The molecule has 13 heavy (non-hydrogen) atoms. The zero-order valence-electron chi connectivity index (χ0n) is 7.61. The van der Waals surface area contributed by atoms with E-state index in [-0.39, 0.29) is 11.6 Å². The third-order valence-corrected chi connectivity index (χ3v) is 1.94. The average molecular weight is 180 g/mol. The van der Waals surface area contributed by atoms with E-state index in [1.165, 1.54) is 6.20 Å². The Morgan fingerprint density at radius 3 is 2.85 bits per heavy atom. The van der Waals surface area contributed by atoms with Crippen molar-refractivity contribution in [1.29, 1.82) is 0 Å². The van der Waals surface area contributed by atoms with Crippen molar-refractivity contribution in [2.45, 2.75) is 13.0 Å². The van der Waals surface area contributed by atoms with Crippen LogP contribution in [0, 0.1) is 0 Å². The van der Waals surface area contributed by atoms with E-state index in [0.29, 0.717) is 0 Å². The van der Waals surface area contributed by atoms with E-state index < -0.39 is 5.97 Å². The van der Waals surface area contributed by atoms with Gasteiger partial charge in [0.25, 0.3) is 0 Å². The highest BCUT2D eigenvalue weighted by molar-refractivity contribution is 5.87. The molecule has 70 valence electrons. The molecule has 2 N–H and O–H groups in total. The Bertz CT molecular complexity index is 312. The molecular formula is C9H12N2O2. The van der Waals surface area contributed by atoms with Gasteiger partial charge in [0.05, 0.1) is 5.56 Å². The largest absolute Gasteiger partial charge is 0.478 e. The first-order valence-electron chi connectivity index (χ1n) is 4.00. The molecule has 1 heterocycles. The summed E-state index contributed by atoms with van der Waals surface area (Å²) in [6.07, 6.45) is 3.00. The molecule has 1 rings (SSSR count). The molecule has 0 spiro atoms. The van der Waals surface area contributed by atoms with Crippen molar-refractivity contribution >= 4 is 5.97 Å². The number of hydrogen-bond acceptors (Lipinski definition) is 3. The van der Waals surface area contributed by atoms with E-state index in [1.807, 2.05) is 14.0 Å². The Kier molecular flexibility index (Phi) is 2.97. The summed E-state index contributed by atoms with van der Waals surface area (Å²) < 4.78 is 0. The van der Waals surface area contributed by atoms with Crippen molar-refractivity contribution in [2.24, 2.45) is 0 Å². The first-order chi connectivity index (χ1) is 6.15. The first kappa shape index (κ1) is 9.67. The molecule has 0 amide bonds. The molecular weight excluding hydrogens is 168 g/mol. The Morgan fingerprint density at radius 2 is 2.31 bits per heavy atom. The van der Waals surface area contributed by atoms with Crippen LogP contribution in [-0.2, 0) is 0 Å². The number of carboxylic acids is 1. The highest BCUT2D eigenvalue weighted by Gasteiger charge is 2.07. The predicted octanol–water partition coefficient (Wildman–Crippen LogP) is 1.06. The second kappa shape index (κ2) is 4.00. The van der Waals surface area contributed by atoms with E-state index in [0.717, 1.165) is 5.56 Å². The maximum absolute atomic E-state index is 10.6. The van der Waals surface area contributed by atoms with Gasteiger partial charge in [-0.15, -0.1) is 0 Å². The number of carbonyl (C=O) groups is 1. The summed E-state index contributed by atoms with van der Waals surface area (Å²) in [7, 11) is 1.82. The number of carboxylic acid groups (broad SMARTS) is 1. The van der Waals surface area contributed by atoms with Crippen LogP contribution in [0.3, 0.4) is 0 Å². The van der Waals surface area contributed by atoms with Crippen LogP contribution >= 0.6 is 0 Å². The molecule has 0 saturated carbocycles. The fraction of sp³-hybridized carbons (Fsp3) is 0.333. The molecule has 0 radical (unpaired) electrons. The van der Waals surface area contributed by atoms with Gasteiger partial charge >= 0.3 is 5.97 Å². The highest BCUT2D eigenvalue weighted by Crippen LogP contribution is 2.11. The smallest absolute Gasteiger partial charge is 0.337 e. The van der Waals surface area contributed by atoms with E-state index in [4.69, 9.17) is 5.11 Å². The third-order valence-electron chi connectivity index (χ3n) is 1.94. The summed E-state index contributed by atoms with van der Waals surface area (Å²) in [6, 6.07) is 1.74. The SMILES string of the molecule is CNC(C)c1cncc(C(=O)O)c1. The van der Waals surface area contributed by atoms with Crippen LogP contribution in [0.1, 0.15) is 28.9 Å². The number of aromatic nitrogens is 1. The number of nitrogens with one attached hydrogen (secondary N) is 1. The molecule has 0 fully saturated rings. The molecule has 0 aliphatic heterocycles. The summed E-state index contributed by atoms with van der Waals surface area (Å²) in [6.45, 7) is 1.95. The molecule has 1 aromatic rings. The molecule has 4 heteroatoms. The van der Waals surface area contributed by atoms with E-state index in [9.17, 15) is 4.79 Å². The number of rotatable bonds is 3. The zero-order chi connectivity index (χ0) is 9.84. The van der Waals surface area contributed by atoms with Crippen molar-refractivity contribution in [2.75, 3.05) is 7.05 Å². The Balaban J connectivity index is 2.98. The van der Waals surface area contributed by atoms with Crippen LogP contribution < -0.4 is 5.32 Å². The van der Waals surface area contributed by atoms with Gasteiger partial charge < -0.3 is 10.4 Å². The summed E-state index contributed by atoms with van der Waals surface area (Å²) in [5, 5.41) is 11.7. The van der Waals surface area contributed by atoms with Gasteiger partial charge in [-0.3, -0.25) is 4.98 Å². The average Bonchev–Trinajstić information content (AvgIpc) is 2.17. The van der Waals surface area contributed by atoms with Gasteiger partial charge in [0.2, 0.25) is 0 Å². The van der Waals surface area contributed by atoms with Gasteiger partial charge in [0.15, 0.2) is 0 Å². The van der Waals surface area contributed by atoms with E-state index >= 15 is 0 Å². The molecule has 1 unspecified atom stereocenters. The fourth-order valence-electron chi connectivity index (χ4n) is 0.978. The van der Waals surface area contributed by atoms with Crippen molar-refractivity contribution in [3.8, 4) is 0 Å². The molecule has 0 saturated heterocycles. The van der Waals surface area contributed by atoms with E-state index in [1.54, 1.807) is 12.3 Å². The fourth-order valence-corrected chi connectivity index (χ4v) is 0.978. The van der Waals surface area contributed by atoms with Crippen LogP contribution in [0.2, 0.25) is 0 Å². The maximum atomic E-state index is 10.6. The topological polar surface area (TPSA) is 62.2 Å². The van der Waals surface area contributed by atoms with Crippen molar-refractivity contribution in [3.05, 3.63) is 29.6 Å². The minimum Gasteiger partial charge on any atom is -0.478 e. The van der Waals surface area contributed by atoms with Gasteiger partial charge in [-0.2, -0.15) is 0 Å². The lowest BCUT2D eigenvalue weighted by Gasteiger charge is -2.09. The summed E-state index contributed by atoms with van der Waals surface area (Å²) in [5.41, 5.74) is 1.10. The number of pyridine rings is 1. The maximum Gasteiger partial charge on any atom is 0.337 e. The van der Waals surface area contributed by atoms with Crippen LogP contribution in [0.5, 0.6) is 0 Å². The minimum absolute atomic E-state index is 0.117. The molecule has 1 atom stereocenters. The number of nitrogens with zero attached hydrogens (tertiary/aromatic N) is 1. The van der Waals surface area contributed by atoms with Gasteiger partial charge in [-0.1, -0.05) is 0 Å². The second-order valence-electron chi connectivity index (χ2n) is 2.82. The van der Waals surface area contributed by atoms with Crippen molar-refractivity contribution in [3.63, 3.8) is 0 Å². The standard InChI is InChI=1S/C9H12N2O2/c1-6(10-2)7-3-8(9(12)13)5-11-4-7/h3-6,10H,1-2H3,(H,12,13). The molecule has 1 aromatic heterocycles. The van der Waals surface area contributed by atoms with Gasteiger partial charge in [-0.25, -0.2) is 4.79 Å². The summed E-state index contributed by atoms with van der Waals surface area (Å²) in [5.74, 6) is -0.947. The Morgan fingerprint density at radius 1 is 1.62 bits per heavy atom. The first-order valence-corrected chi connectivity index (χ1v) is 4.00. The van der Waals surface area contributed by atoms with Crippen molar-refractivity contribution < 1.29 is 9.90 Å². The molecule has 0 aromatic carbocycles. The lowest BCUT2D eigenvalue weighted by molar-refractivity contribution is 0.0696. The van der Waals surface area contributed by atoms with Gasteiger partial charge in [0, 0.05) is 18.4 Å². The quantitative estimate of drug-likeness (QED) is 0.730. The summed E-state index contributed by atoms with van der Waals surface area (Å²) in [4.78, 5) is 14.5. The van der Waals surface area contributed by atoms with Crippen LogP contribution in [0.15, 0.2) is 18.5 Å². The molecule has 4 nitrogen and oxygen atoms in total. The Hall–Kier alpha value is -1.42. The Labute approximate surface area is 76.6 Å². The van der Waals surface area contributed by atoms with Crippen LogP contribution in [0.4, 0.5) is 0 Å². The summed E-state index contributed by atoms with van der Waals surface area (Å²) >= 11 is 0. The minimum atomic E-state index is -0.947. The molecule has 0 aliphatic rings. The van der Waals surface area contributed by atoms with Gasteiger partial charge in [-0.05, 0) is 25.6 Å². The zero-order valence-corrected chi connectivity index (χ0v) is 7.61. The third kappa shape index (κ3) is 2.26. The lowest BCUT2D eigenvalue weighted by atomic mass is 10.1. The van der Waals surface area contributed by atoms with Crippen molar-refractivity contribution in [1.82, 2.24) is 10.3 Å². The predicted molar refractivity (Wildman–Crippen MR) is 48.7 cm³/mol. The second-order valence-corrected chi connectivity index (χ2v) is 2.82. The van der Waals surface area contributed by atoms with E-state index in [2.05, 4.69) is 10.3 Å². The van der Waals surface area contributed by atoms with Crippen LogP contribution in [-0.4, -0.2) is 23.1 Å². The number of hydrogen-bond donors (Lipinski definition) is 2. The monoisotopic (exact) mass is 180 g/mol. The van der Waals surface area contributed by atoms with Crippen LogP contribution in [0.25, 0.3) is 0 Å². The number of aromatic carboxylic acids is 1. The molecule has 0 bridgehead atoms. The normalized spacial score (nSPS) is 12.5. The highest BCUT2D eigenvalue weighted by atomic mass is 16.4. The lowest BCUT2D eigenvalue weighted by Crippen LogP contribution is -2.13.